The topological polar surface area (TPSA) is 43.4 Å². The number of ether oxygens (including phenoxy) is 1. The summed E-state index contributed by atoms with van der Waals surface area (Å²) in [5.41, 5.74) is 0.742. The number of hydrogen-bond acceptors (Lipinski definition) is 3. The minimum atomic E-state index is -0.508. The summed E-state index contributed by atoms with van der Waals surface area (Å²) in [6.45, 7) is 5.41. The molecule has 0 radical (unpaired) electrons. The fourth-order valence-corrected chi connectivity index (χ4v) is 1.26. The number of benzene rings is 1. The van der Waals surface area contributed by atoms with Gasteiger partial charge in [-0.15, -0.1) is 0 Å². The van der Waals surface area contributed by atoms with Crippen molar-refractivity contribution in [3.8, 4) is 0 Å². The van der Waals surface area contributed by atoms with Gasteiger partial charge in [0.25, 0.3) is 0 Å². The molecule has 0 aliphatic rings. The second kappa shape index (κ2) is 5.43. The Morgan fingerprint density at radius 2 is 1.76 bits per heavy atom. The average Bonchev–Trinajstić information content (AvgIpc) is 2.24. The molecule has 0 saturated heterocycles. The molecule has 3 heteroatoms. The van der Waals surface area contributed by atoms with Crippen LogP contribution in [0.15, 0.2) is 30.3 Å². The molecule has 0 bridgehead atoms. The molecule has 0 atom stereocenters. The van der Waals surface area contributed by atoms with E-state index in [1.807, 2.05) is 6.07 Å². The van der Waals surface area contributed by atoms with Gasteiger partial charge in [-0.05, 0) is 32.4 Å². The van der Waals surface area contributed by atoms with E-state index in [1.165, 1.54) is 6.08 Å². The maximum absolute atomic E-state index is 11.4. The summed E-state index contributed by atoms with van der Waals surface area (Å²) in [5.74, 6) is -0.418. The van der Waals surface area contributed by atoms with Crippen LogP contribution in [0, 0.1) is 0 Å². The van der Waals surface area contributed by atoms with Crippen LogP contribution in [0.3, 0.4) is 0 Å². The second-order valence-electron chi connectivity index (χ2n) is 4.61. The predicted octanol–water partition coefficient (Wildman–Crippen LogP) is 2.85. The van der Waals surface area contributed by atoms with Gasteiger partial charge < -0.3 is 4.74 Å². The smallest absolute Gasteiger partial charge is 0.331 e. The summed E-state index contributed by atoms with van der Waals surface area (Å²) >= 11 is 0. The highest BCUT2D eigenvalue weighted by Crippen LogP contribution is 2.10. The minimum Gasteiger partial charge on any atom is -0.457 e. The molecule has 0 fully saturated rings. The Morgan fingerprint density at radius 1 is 1.18 bits per heavy atom. The van der Waals surface area contributed by atoms with Crippen molar-refractivity contribution in [2.24, 2.45) is 0 Å². The number of carbonyl (C=O) groups is 2. The Balaban J connectivity index is 2.77. The minimum absolute atomic E-state index is 0.418. The van der Waals surface area contributed by atoms with E-state index in [2.05, 4.69) is 0 Å². The van der Waals surface area contributed by atoms with Crippen molar-refractivity contribution < 1.29 is 14.3 Å². The van der Waals surface area contributed by atoms with Gasteiger partial charge in [0.1, 0.15) is 5.60 Å². The summed E-state index contributed by atoms with van der Waals surface area (Å²) in [5, 5.41) is 0. The molecular formula is C14H16O3. The lowest BCUT2D eigenvalue weighted by atomic mass is 10.1. The highest BCUT2D eigenvalue weighted by Gasteiger charge is 2.13. The lowest BCUT2D eigenvalue weighted by molar-refractivity contribution is -0.148. The third-order valence-electron chi connectivity index (χ3n) is 1.93. The lowest BCUT2D eigenvalue weighted by Gasteiger charge is -2.17. The maximum Gasteiger partial charge on any atom is 0.331 e. The highest BCUT2D eigenvalue weighted by molar-refractivity contribution is 5.90. The van der Waals surface area contributed by atoms with Crippen molar-refractivity contribution in [3.05, 3.63) is 41.5 Å². The van der Waals surface area contributed by atoms with Crippen molar-refractivity contribution in [1.29, 1.82) is 0 Å². The van der Waals surface area contributed by atoms with Gasteiger partial charge in [0.2, 0.25) is 0 Å². The molecular weight excluding hydrogens is 216 g/mol. The molecule has 0 saturated carbocycles. The van der Waals surface area contributed by atoms with Crippen molar-refractivity contribution in [2.75, 3.05) is 0 Å². The molecule has 17 heavy (non-hydrogen) atoms. The number of hydrogen-bond donors (Lipinski definition) is 0. The summed E-state index contributed by atoms with van der Waals surface area (Å²) in [7, 11) is 0. The summed E-state index contributed by atoms with van der Waals surface area (Å²) in [6.07, 6.45) is 3.67. The van der Waals surface area contributed by atoms with Crippen LogP contribution in [-0.2, 0) is 9.53 Å². The monoisotopic (exact) mass is 232 g/mol. The number of esters is 1. The Hall–Kier alpha value is -1.90. The first-order valence-corrected chi connectivity index (χ1v) is 5.37. The molecule has 0 heterocycles. The van der Waals surface area contributed by atoms with Crippen LogP contribution >= 0.6 is 0 Å². The van der Waals surface area contributed by atoms with E-state index in [-0.39, 0.29) is 0 Å². The molecule has 0 aliphatic carbocycles. The normalized spacial score (nSPS) is 11.5. The van der Waals surface area contributed by atoms with Crippen LogP contribution in [0.4, 0.5) is 0 Å². The van der Waals surface area contributed by atoms with Crippen molar-refractivity contribution in [1.82, 2.24) is 0 Å². The standard InChI is InChI=1S/C14H16O3/c1-14(2,3)17-13(16)9-8-11-6-4-5-7-12(11)10-15/h4-10H,1-3H3/b9-8+. The fraction of sp³-hybridized carbons (Fsp3) is 0.286. The molecule has 1 aromatic carbocycles. The van der Waals surface area contributed by atoms with Gasteiger partial charge in [-0.2, -0.15) is 0 Å². The second-order valence-corrected chi connectivity index (χ2v) is 4.61. The molecule has 0 aromatic heterocycles. The lowest BCUT2D eigenvalue weighted by Crippen LogP contribution is -2.22. The predicted molar refractivity (Wildman–Crippen MR) is 66.7 cm³/mol. The summed E-state index contributed by atoms with van der Waals surface area (Å²) in [4.78, 5) is 22.2. The fourth-order valence-electron chi connectivity index (χ4n) is 1.26. The third kappa shape index (κ3) is 4.64. The van der Waals surface area contributed by atoms with Crippen molar-refractivity contribution >= 4 is 18.3 Å². The molecule has 0 N–H and O–H groups in total. The van der Waals surface area contributed by atoms with Gasteiger partial charge in [-0.3, -0.25) is 4.79 Å². The van der Waals surface area contributed by atoms with Crippen LogP contribution < -0.4 is 0 Å². The van der Waals surface area contributed by atoms with Gasteiger partial charge in [0.05, 0.1) is 0 Å². The van der Waals surface area contributed by atoms with Gasteiger partial charge in [0.15, 0.2) is 6.29 Å². The number of carbonyl (C=O) groups excluding carboxylic acids is 2. The van der Waals surface area contributed by atoms with Gasteiger partial charge >= 0.3 is 5.97 Å². The molecule has 0 aliphatic heterocycles. The van der Waals surface area contributed by atoms with E-state index in [1.54, 1.807) is 45.0 Å². The first kappa shape index (κ1) is 13.2. The van der Waals surface area contributed by atoms with Crippen molar-refractivity contribution in [2.45, 2.75) is 26.4 Å². The Morgan fingerprint density at radius 3 is 2.29 bits per heavy atom. The number of rotatable bonds is 3. The molecule has 0 amide bonds. The highest BCUT2D eigenvalue weighted by atomic mass is 16.6. The van der Waals surface area contributed by atoms with Crippen LogP contribution in [0.1, 0.15) is 36.7 Å². The van der Waals surface area contributed by atoms with Gasteiger partial charge in [0, 0.05) is 11.6 Å². The summed E-state index contributed by atoms with van der Waals surface area (Å²) < 4.78 is 5.12. The van der Waals surface area contributed by atoms with E-state index >= 15 is 0 Å². The molecule has 0 unspecified atom stereocenters. The van der Waals surface area contributed by atoms with Crippen LogP contribution in [0.2, 0.25) is 0 Å². The Bertz CT molecular complexity index is 439. The first-order valence-electron chi connectivity index (χ1n) is 5.37. The van der Waals surface area contributed by atoms with E-state index in [0.29, 0.717) is 11.1 Å². The zero-order chi connectivity index (χ0) is 12.9. The Kier molecular flexibility index (Phi) is 4.21. The van der Waals surface area contributed by atoms with E-state index < -0.39 is 11.6 Å². The Labute approximate surface area is 101 Å². The van der Waals surface area contributed by atoms with Crippen LogP contribution in [0.25, 0.3) is 6.08 Å². The van der Waals surface area contributed by atoms with Crippen molar-refractivity contribution in [3.63, 3.8) is 0 Å². The first-order chi connectivity index (χ1) is 7.92. The zero-order valence-electron chi connectivity index (χ0n) is 10.3. The van der Waals surface area contributed by atoms with E-state index in [0.717, 1.165) is 6.29 Å². The van der Waals surface area contributed by atoms with Gasteiger partial charge in [-0.25, -0.2) is 4.79 Å². The van der Waals surface area contributed by atoms with E-state index in [4.69, 9.17) is 4.74 Å². The van der Waals surface area contributed by atoms with E-state index in [9.17, 15) is 9.59 Å². The van der Waals surface area contributed by atoms with Crippen LogP contribution in [0.5, 0.6) is 0 Å². The maximum atomic E-state index is 11.4. The summed E-state index contributed by atoms with van der Waals surface area (Å²) in [6, 6.07) is 7.04. The zero-order valence-corrected chi connectivity index (χ0v) is 10.3. The molecule has 0 spiro atoms. The molecule has 90 valence electrons. The molecule has 1 aromatic rings. The quantitative estimate of drug-likeness (QED) is 0.457. The average molecular weight is 232 g/mol. The van der Waals surface area contributed by atoms with Crippen LogP contribution in [-0.4, -0.2) is 17.9 Å². The SMILES string of the molecule is CC(C)(C)OC(=O)/C=C/c1ccccc1C=O. The molecule has 3 nitrogen and oxygen atoms in total. The third-order valence-corrected chi connectivity index (χ3v) is 1.93. The largest absolute Gasteiger partial charge is 0.457 e. The molecule has 1 rings (SSSR count). The number of aldehydes is 1. The van der Waals surface area contributed by atoms with Gasteiger partial charge in [-0.1, -0.05) is 24.3 Å².